The third-order valence-corrected chi connectivity index (χ3v) is 7.10. The molecule has 152 valence electrons. The Balaban J connectivity index is 1.31. The van der Waals surface area contributed by atoms with Crippen LogP contribution in [0.5, 0.6) is 0 Å². The third-order valence-electron chi connectivity index (χ3n) is 7.10. The van der Waals surface area contributed by atoms with Gasteiger partial charge in [0.1, 0.15) is 0 Å². The van der Waals surface area contributed by atoms with E-state index in [-0.39, 0.29) is 17.9 Å². The lowest BCUT2D eigenvalue weighted by Crippen LogP contribution is -2.46. The van der Waals surface area contributed by atoms with E-state index in [1.54, 1.807) is 0 Å². The molecule has 3 aliphatic rings. The highest BCUT2D eigenvalue weighted by molar-refractivity contribution is 5.81. The summed E-state index contributed by atoms with van der Waals surface area (Å²) in [7, 11) is 0. The first kappa shape index (κ1) is 19.4. The van der Waals surface area contributed by atoms with E-state index in [4.69, 9.17) is 5.73 Å². The van der Waals surface area contributed by atoms with Crippen molar-refractivity contribution in [1.82, 2.24) is 9.80 Å². The number of aryl methyl sites for hydroxylation is 1. The van der Waals surface area contributed by atoms with Gasteiger partial charge in [-0.25, -0.2) is 0 Å². The number of carbonyl (C=O) groups excluding carboxylic acids is 2. The van der Waals surface area contributed by atoms with Gasteiger partial charge in [-0.15, -0.1) is 0 Å². The lowest BCUT2D eigenvalue weighted by atomic mass is 9.94. The average molecular weight is 384 g/mol. The maximum atomic E-state index is 12.7. The maximum Gasteiger partial charge on any atom is 0.235 e. The Kier molecular flexibility index (Phi) is 6.00. The Morgan fingerprint density at radius 1 is 1.04 bits per heavy atom. The van der Waals surface area contributed by atoms with Crippen molar-refractivity contribution in [3.8, 4) is 0 Å². The van der Waals surface area contributed by atoms with Gasteiger partial charge in [0.05, 0.1) is 6.04 Å². The van der Waals surface area contributed by atoms with E-state index in [2.05, 4.69) is 29.2 Å². The van der Waals surface area contributed by atoms with E-state index in [9.17, 15) is 9.59 Å². The molecule has 5 nitrogen and oxygen atoms in total. The first-order chi connectivity index (χ1) is 13.6. The molecule has 1 aliphatic carbocycles. The second kappa shape index (κ2) is 8.64. The topological polar surface area (TPSA) is 66.6 Å². The van der Waals surface area contributed by atoms with Gasteiger partial charge in [-0.2, -0.15) is 0 Å². The number of nitrogens with zero attached hydrogens (tertiary/aromatic N) is 2. The summed E-state index contributed by atoms with van der Waals surface area (Å²) >= 11 is 0. The molecule has 0 radical (unpaired) electrons. The number of rotatable bonds is 7. The molecule has 2 heterocycles. The molecule has 1 aromatic carbocycles. The van der Waals surface area contributed by atoms with Gasteiger partial charge in [-0.1, -0.05) is 43.2 Å². The third kappa shape index (κ3) is 4.24. The van der Waals surface area contributed by atoms with E-state index < -0.39 is 0 Å². The number of hydrogen-bond acceptors (Lipinski definition) is 3. The van der Waals surface area contributed by atoms with Crippen molar-refractivity contribution in [2.45, 2.75) is 51.0 Å². The van der Waals surface area contributed by atoms with Crippen LogP contribution in [0.25, 0.3) is 0 Å². The normalized spacial score (nSPS) is 28.0. The highest BCUT2D eigenvalue weighted by atomic mass is 16.2. The number of likely N-dealkylation sites (tertiary alicyclic amines) is 2. The molecule has 2 unspecified atom stereocenters. The molecule has 5 heteroatoms. The van der Waals surface area contributed by atoms with E-state index >= 15 is 0 Å². The second-order valence-corrected chi connectivity index (χ2v) is 9.01. The predicted octanol–water partition coefficient (Wildman–Crippen LogP) is 2.44. The molecule has 3 atom stereocenters. The molecule has 1 saturated carbocycles. The van der Waals surface area contributed by atoms with Crippen LogP contribution in [-0.4, -0.2) is 53.8 Å². The minimum atomic E-state index is -0.225. The van der Waals surface area contributed by atoms with E-state index in [0.717, 1.165) is 32.5 Å². The molecule has 3 fully saturated rings. The monoisotopic (exact) mass is 383 g/mol. The van der Waals surface area contributed by atoms with Crippen LogP contribution in [0.2, 0.25) is 0 Å². The van der Waals surface area contributed by atoms with Crippen LogP contribution >= 0.6 is 0 Å². The van der Waals surface area contributed by atoms with Crippen LogP contribution in [0.15, 0.2) is 30.3 Å². The lowest BCUT2D eigenvalue weighted by molar-refractivity contribution is -0.132. The first-order valence-corrected chi connectivity index (χ1v) is 11.0. The first-order valence-electron chi connectivity index (χ1n) is 11.0. The summed E-state index contributed by atoms with van der Waals surface area (Å²) in [5.41, 5.74) is 7.13. The summed E-state index contributed by atoms with van der Waals surface area (Å²) in [6.07, 6.45) is 7.68. The molecule has 0 spiro atoms. The zero-order chi connectivity index (χ0) is 19.5. The quantitative estimate of drug-likeness (QED) is 0.786. The van der Waals surface area contributed by atoms with Crippen LogP contribution in [0.4, 0.5) is 0 Å². The molecular formula is C23H33N3O2. The van der Waals surface area contributed by atoms with Crippen molar-refractivity contribution < 1.29 is 9.59 Å². The van der Waals surface area contributed by atoms with Crippen molar-refractivity contribution in [2.75, 3.05) is 26.2 Å². The number of hydrogen-bond donors (Lipinski definition) is 1. The summed E-state index contributed by atoms with van der Waals surface area (Å²) in [4.78, 5) is 29.2. The van der Waals surface area contributed by atoms with Crippen LogP contribution in [0.1, 0.15) is 44.1 Å². The zero-order valence-electron chi connectivity index (χ0n) is 16.8. The Bertz CT molecular complexity index is 686. The average Bonchev–Trinajstić information content (AvgIpc) is 3.38. The Hall–Kier alpha value is -1.88. The minimum absolute atomic E-state index is 0.210. The summed E-state index contributed by atoms with van der Waals surface area (Å²) in [5.74, 6) is 1.25. The molecule has 2 amide bonds. The number of benzene rings is 1. The van der Waals surface area contributed by atoms with Crippen molar-refractivity contribution >= 4 is 11.8 Å². The van der Waals surface area contributed by atoms with Crippen molar-refractivity contribution in [3.63, 3.8) is 0 Å². The Morgan fingerprint density at radius 3 is 2.50 bits per heavy atom. The van der Waals surface area contributed by atoms with Gasteiger partial charge in [0.15, 0.2) is 0 Å². The summed E-state index contributed by atoms with van der Waals surface area (Å²) in [6.45, 7) is 3.29. The molecule has 4 rings (SSSR count). The number of nitrogens with two attached hydrogens (primary N) is 1. The SMILES string of the molecule is NC(=O)C1[C@@H]2CN(C(=O)CC3CCCC3)CC2CN1CCCc1ccccc1. The van der Waals surface area contributed by atoms with Crippen LogP contribution < -0.4 is 5.73 Å². The Morgan fingerprint density at radius 2 is 1.79 bits per heavy atom. The standard InChI is InChI=1S/C23H33N3O2/c24-23(28)22-20-16-26(21(27)13-18-9-4-5-10-18)15-19(20)14-25(22)12-6-11-17-7-2-1-3-8-17/h1-3,7-8,18-20,22H,4-6,9-16H2,(H2,24,28)/t19?,20-,22?/m1/s1. The van der Waals surface area contributed by atoms with Gasteiger partial charge >= 0.3 is 0 Å². The number of carbonyl (C=O) groups is 2. The molecule has 1 aromatic rings. The fraction of sp³-hybridized carbons (Fsp3) is 0.652. The molecule has 0 bridgehead atoms. The smallest absolute Gasteiger partial charge is 0.235 e. The van der Waals surface area contributed by atoms with Crippen molar-refractivity contribution in [3.05, 3.63) is 35.9 Å². The molecule has 0 aromatic heterocycles. The summed E-state index contributed by atoms with van der Waals surface area (Å²) < 4.78 is 0. The summed E-state index contributed by atoms with van der Waals surface area (Å²) in [5, 5.41) is 0. The second-order valence-electron chi connectivity index (χ2n) is 9.01. The van der Waals surface area contributed by atoms with Gasteiger partial charge in [0, 0.05) is 32.0 Å². The van der Waals surface area contributed by atoms with E-state index in [1.807, 2.05) is 11.0 Å². The van der Waals surface area contributed by atoms with E-state index in [1.165, 1.54) is 31.2 Å². The lowest BCUT2D eigenvalue weighted by Gasteiger charge is -2.27. The van der Waals surface area contributed by atoms with Crippen LogP contribution in [0, 0.1) is 17.8 Å². The van der Waals surface area contributed by atoms with Crippen molar-refractivity contribution in [1.29, 1.82) is 0 Å². The Labute approximate surface area is 168 Å². The van der Waals surface area contributed by atoms with E-state index in [0.29, 0.717) is 30.7 Å². The fourth-order valence-electron chi connectivity index (χ4n) is 5.68. The highest BCUT2D eigenvalue weighted by Gasteiger charge is 2.50. The minimum Gasteiger partial charge on any atom is -0.368 e. The fourth-order valence-corrected chi connectivity index (χ4v) is 5.68. The highest BCUT2D eigenvalue weighted by Crippen LogP contribution is 2.37. The molecular weight excluding hydrogens is 350 g/mol. The summed E-state index contributed by atoms with van der Waals surface area (Å²) in [6, 6.07) is 10.3. The van der Waals surface area contributed by atoms with Gasteiger partial charge in [0.25, 0.3) is 0 Å². The largest absolute Gasteiger partial charge is 0.368 e. The van der Waals surface area contributed by atoms with Crippen LogP contribution in [0.3, 0.4) is 0 Å². The van der Waals surface area contributed by atoms with Gasteiger partial charge in [-0.3, -0.25) is 14.5 Å². The van der Waals surface area contributed by atoms with Crippen molar-refractivity contribution in [2.24, 2.45) is 23.5 Å². The predicted molar refractivity (Wildman–Crippen MR) is 109 cm³/mol. The molecule has 28 heavy (non-hydrogen) atoms. The number of amides is 2. The number of primary amides is 1. The van der Waals surface area contributed by atoms with Gasteiger partial charge < -0.3 is 10.6 Å². The molecule has 2 saturated heterocycles. The molecule has 2 aliphatic heterocycles. The van der Waals surface area contributed by atoms with Crippen LogP contribution in [-0.2, 0) is 16.0 Å². The zero-order valence-corrected chi connectivity index (χ0v) is 16.8. The van der Waals surface area contributed by atoms with Gasteiger partial charge in [-0.05, 0) is 49.6 Å². The maximum absolute atomic E-state index is 12.7. The number of fused-ring (bicyclic) bond motifs is 1. The molecule has 2 N–H and O–H groups in total. The van der Waals surface area contributed by atoms with Gasteiger partial charge in [0.2, 0.25) is 11.8 Å².